The first-order valence-electron chi connectivity index (χ1n) is 5.28. The fourth-order valence-corrected chi connectivity index (χ4v) is 1.53. The molecule has 1 nitrogen and oxygen atoms in total. The van der Waals surface area contributed by atoms with Gasteiger partial charge in [-0.1, -0.05) is 23.3 Å². The van der Waals surface area contributed by atoms with Crippen molar-refractivity contribution in [2.75, 3.05) is 12.4 Å². The predicted octanol–water partition coefficient (Wildman–Crippen LogP) is 3.64. The van der Waals surface area contributed by atoms with Crippen LogP contribution in [0.25, 0.3) is 0 Å². The number of hydrogen-bond donors (Lipinski definition) is 1. The molecule has 0 aliphatic rings. The first-order valence-corrected chi connectivity index (χ1v) is 5.81. The van der Waals surface area contributed by atoms with E-state index in [1.54, 1.807) is 0 Å². The highest BCUT2D eigenvalue weighted by molar-refractivity contribution is 6.18. The maximum atomic E-state index is 5.60. The van der Waals surface area contributed by atoms with Gasteiger partial charge in [-0.3, -0.25) is 0 Å². The van der Waals surface area contributed by atoms with Gasteiger partial charge in [-0.25, -0.2) is 0 Å². The average molecular weight is 216 g/mol. The van der Waals surface area contributed by atoms with Gasteiger partial charge < -0.3 is 5.73 Å². The van der Waals surface area contributed by atoms with E-state index in [0.29, 0.717) is 5.88 Å². The van der Waals surface area contributed by atoms with Crippen molar-refractivity contribution < 1.29 is 0 Å². The monoisotopic (exact) mass is 215 g/mol. The molecule has 0 atom stereocenters. The van der Waals surface area contributed by atoms with Gasteiger partial charge in [-0.2, -0.15) is 0 Å². The fourth-order valence-electron chi connectivity index (χ4n) is 1.26. The third-order valence-corrected chi connectivity index (χ3v) is 2.39. The third-order valence-electron chi connectivity index (χ3n) is 2.23. The van der Waals surface area contributed by atoms with E-state index in [1.807, 2.05) is 0 Å². The molecule has 0 saturated carbocycles. The van der Waals surface area contributed by atoms with Gasteiger partial charge in [0.05, 0.1) is 0 Å². The summed E-state index contributed by atoms with van der Waals surface area (Å²) in [4.78, 5) is 0. The smallest absolute Gasteiger partial charge is 0.0406 e. The number of nitrogens with two attached hydrogens (primary N) is 1. The molecule has 0 aliphatic heterocycles. The molecule has 0 rings (SSSR count). The molecule has 0 heterocycles. The number of halogens is 1. The minimum Gasteiger partial charge on any atom is -0.330 e. The Balaban J connectivity index is 3.64. The maximum absolute atomic E-state index is 5.60. The largest absolute Gasteiger partial charge is 0.330 e. The highest BCUT2D eigenvalue weighted by atomic mass is 35.5. The van der Waals surface area contributed by atoms with Crippen molar-refractivity contribution in [1.29, 1.82) is 0 Å². The van der Waals surface area contributed by atoms with Crippen LogP contribution in [0, 0.1) is 0 Å². The molecule has 14 heavy (non-hydrogen) atoms. The summed E-state index contributed by atoms with van der Waals surface area (Å²) >= 11 is 5.60. The Hall–Kier alpha value is -0.270. The molecular weight excluding hydrogens is 194 g/mol. The minimum atomic E-state index is 0.627. The quantitative estimate of drug-likeness (QED) is 0.509. The third kappa shape index (κ3) is 8.33. The molecule has 0 spiro atoms. The number of alkyl halides is 1. The molecule has 0 aromatic rings. The lowest BCUT2D eigenvalue weighted by Gasteiger charge is -2.00. The van der Waals surface area contributed by atoms with Gasteiger partial charge in [0.2, 0.25) is 0 Å². The maximum Gasteiger partial charge on any atom is 0.0406 e. The second kappa shape index (κ2) is 9.29. The van der Waals surface area contributed by atoms with Crippen LogP contribution >= 0.6 is 11.6 Å². The summed E-state index contributed by atoms with van der Waals surface area (Å²) in [7, 11) is 0. The van der Waals surface area contributed by atoms with Crippen LogP contribution in [0.3, 0.4) is 0 Å². The Labute approximate surface area is 93.0 Å². The van der Waals surface area contributed by atoms with Crippen LogP contribution in [0.15, 0.2) is 23.3 Å². The topological polar surface area (TPSA) is 26.0 Å². The zero-order valence-corrected chi connectivity index (χ0v) is 10.1. The standard InChI is InChI=1S/C12H22ClN/c1-11(7-4-10-14)5-3-6-12(2)8-9-13/h5,8H,3-4,6-7,9-10,14H2,1-2H3/b11-5+,12-8+. The van der Waals surface area contributed by atoms with E-state index in [4.69, 9.17) is 17.3 Å². The Morgan fingerprint density at radius 2 is 1.79 bits per heavy atom. The molecule has 0 aromatic carbocycles. The molecule has 0 radical (unpaired) electrons. The second-order valence-corrected chi connectivity index (χ2v) is 3.99. The molecule has 0 aliphatic carbocycles. The van der Waals surface area contributed by atoms with E-state index in [0.717, 1.165) is 32.2 Å². The van der Waals surface area contributed by atoms with Crippen molar-refractivity contribution in [3.63, 3.8) is 0 Å². The first-order chi connectivity index (χ1) is 6.70. The van der Waals surface area contributed by atoms with Gasteiger partial charge in [0.15, 0.2) is 0 Å². The van der Waals surface area contributed by atoms with Crippen molar-refractivity contribution in [2.24, 2.45) is 5.73 Å². The average Bonchev–Trinajstić information content (AvgIpc) is 2.15. The summed E-state index contributed by atoms with van der Waals surface area (Å²) in [6, 6.07) is 0. The van der Waals surface area contributed by atoms with Crippen molar-refractivity contribution in [3.8, 4) is 0 Å². The summed E-state index contributed by atoms with van der Waals surface area (Å²) in [6.07, 6.45) is 8.85. The zero-order chi connectivity index (χ0) is 10.8. The van der Waals surface area contributed by atoms with Gasteiger partial charge in [0.1, 0.15) is 0 Å². The summed E-state index contributed by atoms with van der Waals surface area (Å²) < 4.78 is 0. The molecule has 0 bridgehead atoms. The normalized spacial score (nSPS) is 13.4. The van der Waals surface area contributed by atoms with E-state index in [9.17, 15) is 0 Å². The number of allylic oxidation sites excluding steroid dienone is 4. The SMILES string of the molecule is C/C(=C\CCl)CC/C=C(\C)CCCN. The summed E-state index contributed by atoms with van der Waals surface area (Å²) in [6.45, 7) is 5.10. The Bertz CT molecular complexity index is 194. The number of rotatable bonds is 7. The predicted molar refractivity (Wildman–Crippen MR) is 65.8 cm³/mol. The molecule has 82 valence electrons. The van der Waals surface area contributed by atoms with Crippen molar-refractivity contribution in [1.82, 2.24) is 0 Å². The van der Waals surface area contributed by atoms with Crippen LogP contribution in [0.2, 0.25) is 0 Å². The molecule has 0 unspecified atom stereocenters. The van der Waals surface area contributed by atoms with E-state index in [-0.39, 0.29) is 0 Å². The van der Waals surface area contributed by atoms with Gasteiger partial charge in [-0.05, 0) is 46.1 Å². The zero-order valence-electron chi connectivity index (χ0n) is 9.35. The van der Waals surface area contributed by atoms with E-state index >= 15 is 0 Å². The Morgan fingerprint density at radius 1 is 1.14 bits per heavy atom. The number of hydrogen-bond acceptors (Lipinski definition) is 1. The van der Waals surface area contributed by atoms with Crippen LogP contribution in [-0.2, 0) is 0 Å². The Kier molecular flexibility index (Phi) is 9.11. The summed E-state index contributed by atoms with van der Waals surface area (Å²) in [5.41, 5.74) is 8.27. The fraction of sp³-hybridized carbons (Fsp3) is 0.667. The second-order valence-electron chi connectivity index (χ2n) is 3.69. The van der Waals surface area contributed by atoms with Gasteiger partial charge in [0, 0.05) is 5.88 Å². The minimum absolute atomic E-state index is 0.627. The lowest BCUT2D eigenvalue weighted by atomic mass is 10.1. The van der Waals surface area contributed by atoms with Crippen LogP contribution in [0.1, 0.15) is 39.5 Å². The molecular formula is C12H22ClN. The molecule has 2 heteroatoms. The molecule has 0 fully saturated rings. The van der Waals surface area contributed by atoms with Crippen LogP contribution in [0.5, 0.6) is 0 Å². The molecule has 2 N–H and O–H groups in total. The van der Waals surface area contributed by atoms with E-state index in [2.05, 4.69) is 26.0 Å². The van der Waals surface area contributed by atoms with Crippen LogP contribution in [0.4, 0.5) is 0 Å². The van der Waals surface area contributed by atoms with Crippen molar-refractivity contribution in [3.05, 3.63) is 23.3 Å². The molecule has 0 aromatic heterocycles. The van der Waals surface area contributed by atoms with Crippen molar-refractivity contribution in [2.45, 2.75) is 39.5 Å². The van der Waals surface area contributed by atoms with E-state index < -0.39 is 0 Å². The molecule has 0 saturated heterocycles. The van der Waals surface area contributed by atoms with Gasteiger partial charge in [-0.15, -0.1) is 11.6 Å². The van der Waals surface area contributed by atoms with Crippen LogP contribution < -0.4 is 5.73 Å². The lowest BCUT2D eigenvalue weighted by Crippen LogP contribution is -1.97. The van der Waals surface area contributed by atoms with Gasteiger partial charge >= 0.3 is 0 Å². The van der Waals surface area contributed by atoms with Gasteiger partial charge in [0.25, 0.3) is 0 Å². The van der Waals surface area contributed by atoms with Crippen molar-refractivity contribution >= 4 is 11.6 Å². The summed E-state index contributed by atoms with van der Waals surface area (Å²) in [5, 5.41) is 0. The highest BCUT2D eigenvalue weighted by Gasteiger charge is 1.91. The summed E-state index contributed by atoms with van der Waals surface area (Å²) in [5.74, 6) is 0.627. The lowest BCUT2D eigenvalue weighted by molar-refractivity contribution is 0.814. The Morgan fingerprint density at radius 3 is 2.36 bits per heavy atom. The first kappa shape index (κ1) is 13.7. The molecule has 0 amide bonds. The highest BCUT2D eigenvalue weighted by Crippen LogP contribution is 2.09. The van der Waals surface area contributed by atoms with E-state index in [1.165, 1.54) is 11.1 Å². The van der Waals surface area contributed by atoms with Crippen LogP contribution in [-0.4, -0.2) is 12.4 Å².